The van der Waals surface area contributed by atoms with Gasteiger partial charge in [0, 0.05) is 23.8 Å². The summed E-state index contributed by atoms with van der Waals surface area (Å²) in [6.45, 7) is 2.20. The highest BCUT2D eigenvalue weighted by Crippen LogP contribution is 2.56. The van der Waals surface area contributed by atoms with Crippen LogP contribution in [0, 0.1) is 17.8 Å². The molecule has 216 valence electrons. The normalized spacial score (nSPS) is 35.6. The van der Waals surface area contributed by atoms with Gasteiger partial charge in [-0.2, -0.15) is 0 Å². The molecule has 2 bridgehead atoms. The molecule has 1 aromatic carbocycles. The van der Waals surface area contributed by atoms with E-state index in [1.165, 1.54) is 12.8 Å². The van der Waals surface area contributed by atoms with Gasteiger partial charge in [-0.1, -0.05) is 70.1 Å². The molecule has 4 fully saturated rings. The number of anilines is 1. The van der Waals surface area contributed by atoms with Crippen molar-refractivity contribution in [3.63, 3.8) is 0 Å². The average molecular weight is 550 g/mol. The molecule has 1 spiro atoms. The molecular weight excluding hydrogens is 506 g/mol. The molecule has 0 unspecified atom stereocenters. The van der Waals surface area contributed by atoms with Crippen molar-refractivity contribution >= 4 is 23.4 Å². The van der Waals surface area contributed by atoms with Crippen molar-refractivity contribution in [1.29, 1.82) is 0 Å². The Morgan fingerprint density at radius 1 is 1.00 bits per heavy atom. The van der Waals surface area contributed by atoms with E-state index in [4.69, 9.17) is 9.47 Å². The van der Waals surface area contributed by atoms with E-state index in [-0.39, 0.29) is 29.8 Å². The number of ether oxygens (including phenoxy) is 2. The molecule has 5 aliphatic rings. The lowest BCUT2D eigenvalue weighted by Crippen LogP contribution is -2.59. The Kier molecular flexibility index (Phi) is 7.64. The summed E-state index contributed by atoms with van der Waals surface area (Å²) in [5.41, 5.74) is -0.518. The van der Waals surface area contributed by atoms with E-state index < -0.39 is 29.6 Å². The third-order valence-electron chi connectivity index (χ3n) is 10.1. The summed E-state index contributed by atoms with van der Waals surface area (Å²) in [6, 6.07) is 6.51. The molecular formula is C32H43N3O5. The van der Waals surface area contributed by atoms with Gasteiger partial charge in [0.05, 0.1) is 25.0 Å². The topological polar surface area (TPSA) is 97.0 Å². The molecule has 3 amide bonds. The third kappa shape index (κ3) is 4.72. The van der Waals surface area contributed by atoms with Crippen LogP contribution in [-0.4, -0.2) is 59.6 Å². The predicted molar refractivity (Wildman–Crippen MR) is 152 cm³/mol. The van der Waals surface area contributed by atoms with E-state index in [0.29, 0.717) is 17.4 Å². The highest BCUT2D eigenvalue weighted by molar-refractivity contribution is 6.03. The van der Waals surface area contributed by atoms with Crippen LogP contribution in [0.2, 0.25) is 0 Å². The monoisotopic (exact) mass is 549 g/mol. The largest absolute Gasteiger partial charge is 0.497 e. The fourth-order valence-electron chi connectivity index (χ4n) is 8.03. The van der Waals surface area contributed by atoms with Crippen molar-refractivity contribution in [2.75, 3.05) is 12.4 Å². The van der Waals surface area contributed by atoms with Crippen LogP contribution in [0.3, 0.4) is 0 Å². The molecule has 8 nitrogen and oxygen atoms in total. The first-order valence-electron chi connectivity index (χ1n) is 15.4. The number of benzene rings is 1. The first-order chi connectivity index (χ1) is 19.4. The summed E-state index contributed by atoms with van der Waals surface area (Å²) < 4.78 is 11.9. The number of rotatable bonds is 6. The molecule has 3 aliphatic heterocycles. The van der Waals surface area contributed by atoms with E-state index in [0.717, 1.165) is 57.8 Å². The van der Waals surface area contributed by atoms with E-state index >= 15 is 0 Å². The number of fused-ring (bicyclic) bond motifs is 1. The van der Waals surface area contributed by atoms with Crippen molar-refractivity contribution < 1.29 is 23.9 Å². The molecule has 40 heavy (non-hydrogen) atoms. The molecule has 0 radical (unpaired) electrons. The molecule has 7 atom stereocenters. The van der Waals surface area contributed by atoms with Crippen molar-refractivity contribution in [3.05, 3.63) is 36.4 Å². The first-order valence-corrected chi connectivity index (χ1v) is 15.4. The van der Waals surface area contributed by atoms with Crippen molar-refractivity contribution in [2.24, 2.45) is 17.8 Å². The van der Waals surface area contributed by atoms with Crippen LogP contribution in [0.4, 0.5) is 5.69 Å². The highest BCUT2D eigenvalue weighted by Gasteiger charge is 2.73. The van der Waals surface area contributed by atoms with Crippen LogP contribution >= 0.6 is 0 Å². The summed E-state index contributed by atoms with van der Waals surface area (Å²) in [4.78, 5) is 44.3. The van der Waals surface area contributed by atoms with Crippen LogP contribution in [-0.2, 0) is 19.1 Å². The lowest BCUT2D eigenvalue weighted by atomic mass is 9.74. The molecule has 2 saturated heterocycles. The number of carbonyl (C=O) groups is 3. The SMILES string of the molecule is COc1cccc(NC(=O)[C@H]2[C@H]3C=C[C@@]4(O3)[C@H]2C(=O)N(C2CCCCCCC2)[C@@H]4C(=O)N[C@@H]2CCCC[C@H]2C)c1. The second-order valence-electron chi connectivity index (χ2n) is 12.5. The Morgan fingerprint density at radius 3 is 2.48 bits per heavy atom. The number of hydrogen-bond donors (Lipinski definition) is 2. The summed E-state index contributed by atoms with van der Waals surface area (Å²) in [5.74, 6) is -0.891. The molecule has 2 saturated carbocycles. The van der Waals surface area contributed by atoms with Gasteiger partial charge in [-0.05, 0) is 43.7 Å². The molecule has 2 aliphatic carbocycles. The molecule has 1 aromatic rings. The van der Waals surface area contributed by atoms with Crippen LogP contribution < -0.4 is 15.4 Å². The molecule has 2 N–H and O–H groups in total. The zero-order valence-electron chi connectivity index (χ0n) is 23.8. The Bertz CT molecular complexity index is 1160. The van der Waals surface area contributed by atoms with Crippen LogP contribution in [0.15, 0.2) is 36.4 Å². The van der Waals surface area contributed by atoms with Gasteiger partial charge < -0.3 is 25.0 Å². The molecule has 3 heterocycles. The van der Waals surface area contributed by atoms with Gasteiger partial charge in [0.25, 0.3) is 0 Å². The van der Waals surface area contributed by atoms with Gasteiger partial charge in [0.15, 0.2) is 0 Å². The van der Waals surface area contributed by atoms with Gasteiger partial charge in [0.2, 0.25) is 17.7 Å². The van der Waals surface area contributed by atoms with Gasteiger partial charge >= 0.3 is 0 Å². The van der Waals surface area contributed by atoms with Gasteiger partial charge in [-0.15, -0.1) is 0 Å². The van der Waals surface area contributed by atoms with Gasteiger partial charge in [0.1, 0.15) is 17.4 Å². The standard InChI is InChI=1S/C32H43N3O5/c1-20-11-8-9-16-24(20)34-30(37)28-32-18-17-25(40-32)26(29(36)33-21-12-10-15-23(19-21)39-2)27(32)31(38)35(28)22-13-6-4-3-5-7-14-22/h10,12,15,17-20,22,24-28H,3-9,11,13-14,16H2,1-2H3,(H,33,36)(H,34,37)/t20-,24-,25-,26+,27-,28-,32-/m1/s1. The summed E-state index contributed by atoms with van der Waals surface area (Å²) in [5, 5.41) is 6.35. The molecule has 6 rings (SSSR count). The van der Waals surface area contributed by atoms with E-state index in [2.05, 4.69) is 17.6 Å². The highest BCUT2D eigenvalue weighted by atomic mass is 16.5. The number of likely N-dealkylation sites (tertiary alicyclic amines) is 1. The summed E-state index contributed by atoms with van der Waals surface area (Å²) in [6.07, 6.45) is 15.0. The van der Waals surface area contributed by atoms with Crippen LogP contribution in [0.1, 0.15) is 77.6 Å². The maximum Gasteiger partial charge on any atom is 0.246 e. The number of nitrogens with zero attached hydrogens (tertiary/aromatic N) is 1. The second-order valence-corrected chi connectivity index (χ2v) is 12.5. The Labute approximate surface area is 237 Å². The molecule has 0 aromatic heterocycles. The fourth-order valence-corrected chi connectivity index (χ4v) is 8.03. The summed E-state index contributed by atoms with van der Waals surface area (Å²) >= 11 is 0. The van der Waals surface area contributed by atoms with Crippen molar-refractivity contribution in [2.45, 2.75) is 107 Å². The average Bonchev–Trinajstić information content (AvgIpc) is 3.57. The quantitative estimate of drug-likeness (QED) is 0.506. The minimum absolute atomic E-state index is 0.0227. The zero-order chi connectivity index (χ0) is 27.9. The number of nitrogens with one attached hydrogen (secondary N) is 2. The Balaban J connectivity index is 1.32. The Hall–Kier alpha value is -2.87. The van der Waals surface area contributed by atoms with Crippen LogP contribution in [0.5, 0.6) is 5.75 Å². The fraction of sp³-hybridized carbons (Fsp3) is 0.656. The van der Waals surface area contributed by atoms with E-state index in [9.17, 15) is 14.4 Å². The predicted octanol–water partition coefficient (Wildman–Crippen LogP) is 4.59. The van der Waals surface area contributed by atoms with Crippen LogP contribution in [0.25, 0.3) is 0 Å². The van der Waals surface area contributed by atoms with Gasteiger partial charge in [-0.25, -0.2) is 0 Å². The zero-order valence-corrected chi connectivity index (χ0v) is 23.8. The smallest absolute Gasteiger partial charge is 0.246 e. The maximum atomic E-state index is 14.4. The minimum Gasteiger partial charge on any atom is -0.497 e. The Morgan fingerprint density at radius 2 is 1.73 bits per heavy atom. The first kappa shape index (κ1) is 27.3. The summed E-state index contributed by atoms with van der Waals surface area (Å²) in [7, 11) is 1.58. The lowest BCUT2D eigenvalue weighted by Gasteiger charge is -2.39. The van der Waals surface area contributed by atoms with Crippen molar-refractivity contribution in [1.82, 2.24) is 10.2 Å². The maximum absolute atomic E-state index is 14.4. The lowest BCUT2D eigenvalue weighted by molar-refractivity contribution is -0.144. The number of hydrogen-bond acceptors (Lipinski definition) is 5. The number of amides is 3. The number of carbonyl (C=O) groups excluding carboxylic acids is 3. The second kappa shape index (κ2) is 11.2. The number of methoxy groups -OCH3 is 1. The van der Waals surface area contributed by atoms with Gasteiger partial charge in [-0.3, -0.25) is 14.4 Å². The third-order valence-corrected chi connectivity index (χ3v) is 10.1. The minimum atomic E-state index is -1.12. The molecule has 8 heteroatoms. The van der Waals surface area contributed by atoms with Crippen molar-refractivity contribution in [3.8, 4) is 5.75 Å². The van der Waals surface area contributed by atoms with E-state index in [1.54, 1.807) is 19.2 Å². The van der Waals surface area contributed by atoms with E-state index in [1.807, 2.05) is 29.2 Å².